The number of hydrogen-bond acceptors (Lipinski definition) is 5. The van der Waals surface area contributed by atoms with Crippen LogP contribution in [0.4, 0.5) is 5.69 Å². The first-order valence-corrected chi connectivity index (χ1v) is 9.01. The van der Waals surface area contributed by atoms with Crippen molar-refractivity contribution in [1.29, 1.82) is 0 Å². The largest absolute Gasteiger partial charge is 0.399 e. The summed E-state index contributed by atoms with van der Waals surface area (Å²) in [5.41, 5.74) is 9.74. The quantitative estimate of drug-likeness (QED) is 0.549. The molecular weight excluding hydrogens is 326 g/mol. The molecule has 4 nitrogen and oxygen atoms in total. The van der Waals surface area contributed by atoms with E-state index in [-0.39, 0.29) is 5.91 Å². The second kappa shape index (κ2) is 7.02. The Labute approximate surface area is 143 Å². The second-order valence-electron chi connectivity index (χ2n) is 5.26. The summed E-state index contributed by atoms with van der Waals surface area (Å²) in [4.78, 5) is 16.5. The number of anilines is 1. The van der Waals surface area contributed by atoms with Gasteiger partial charge in [-0.3, -0.25) is 4.79 Å². The van der Waals surface area contributed by atoms with Crippen molar-refractivity contribution in [1.82, 2.24) is 10.3 Å². The Bertz CT molecular complexity index is 827. The predicted molar refractivity (Wildman–Crippen MR) is 97.8 cm³/mol. The lowest BCUT2D eigenvalue weighted by Crippen LogP contribution is -2.24. The van der Waals surface area contributed by atoms with Crippen LogP contribution in [0.1, 0.15) is 11.1 Å². The lowest BCUT2D eigenvalue weighted by atomic mass is 10.1. The van der Waals surface area contributed by atoms with Crippen molar-refractivity contribution in [3.8, 4) is 0 Å². The molecule has 6 heteroatoms. The fraction of sp³-hybridized carbons (Fsp3) is 0.176. The number of nitrogen functional groups attached to an aromatic ring is 1. The minimum absolute atomic E-state index is 0.00865. The molecule has 0 saturated carbocycles. The van der Waals surface area contributed by atoms with Crippen LogP contribution < -0.4 is 11.1 Å². The summed E-state index contributed by atoms with van der Waals surface area (Å²) in [6, 6.07) is 13.8. The SMILES string of the molecule is Cc1ccc(CNC(=O)CSc2nc3ccc(N)cc3s2)cc1. The Morgan fingerprint density at radius 1 is 1.26 bits per heavy atom. The van der Waals surface area contributed by atoms with E-state index in [0.717, 1.165) is 25.8 Å². The van der Waals surface area contributed by atoms with Crippen LogP contribution in [0.5, 0.6) is 0 Å². The van der Waals surface area contributed by atoms with Crippen LogP contribution in [0.15, 0.2) is 46.8 Å². The molecular formula is C17H17N3OS2. The van der Waals surface area contributed by atoms with Gasteiger partial charge in [0.15, 0.2) is 4.34 Å². The molecule has 3 N–H and O–H groups in total. The maximum absolute atomic E-state index is 12.0. The van der Waals surface area contributed by atoms with Crippen molar-refractivity contribution in [2.24, 2.45) is 0 Å². The van der Waals surface area contributed by atoms with Crippen LogP contribution >= 0.6 is 23.1 Å². The minimum Gasteiger partial charge on any atom is -0.399 e. The highest BCUT2D eigenvalue weighted by Gasteiger charge is 2.08. The van der Waals surface area contributed by atoms with Gasteiger partial charge in [-0.2, -0.15) is 0 Å². The summed E-state index contributed by atoms with van der Waals surface area (Å²) >= 11 is 3.01. The molecule has 118 valence electrons. The normalized spacial score (nSPS) is 10.8. The monoisotopic (exact) mass is 343 g/mol. The van der Waals surface area contributed by atoms with Gasteiger partial charge in [0.2, 0.25) is 5.91 Å². The molecule has 3 aromatic rings. The number of aryl methyl sites for hydroxylation is 1. The third-order valence-electron chi connectivity index (χ3n) is 3.33. The average Bonchev–Trinajstić information content (AvgIpc) is 2.94. The van der Waals surface area contributed by atoms with E-state index in [1.807, 2.05) is 49.4 Å². The van der Waals surface area contributed by atoms with Gasteiger partial charge in [0, 0.05) is 12.2 Å². The summed E-state index contributed by atoms with van der Waals surface area (Å²) in [6.45, 7) is 2.60. The van der Waals surface area contributed by atoms with Gasteiger partial charge in [-0.05, 0) is 30.7 Å². The Kier molecular flexibility index (Phi) is 4.83. The van der Waals surface area contributed by atoms with Crippen molar-refractivity contribution in [3.63, 3.8) is 0 Å². The first-order valence-electron chi connectivity index (χ1n) is 7.21. The summed E-state index contributed by atoms with van der Waals surface area (Å²) in [5.74, 6) is 0.371. The van der Waals surface area contributed by atoms with Gasteiger partial charge in [-0.25, -0.2) is 4.98 Å². The van der Waals surface area contributed by atoms with Crippen molar-refractivity contribution in [2.75, 3.05) is 11.5 Å². The summed E-state index contributed by atoms with van der Waals surface area (Å²) in [6.07, 6.45) is 0. The fourth-order valence-electron chi connectivity index (χ4n) is 2.07. The van der Waals surface area contributed by atoms with Gasteiger partial charge < -0.3 is 11.1 Å². The number of hydrogen-bond donors (Lipinski definition) is 2. The number of benzene rings is 2. The van der Waals surface area contributed by atoms with E-state index in [4.69, 9.17) is 5.73 Å². The number of nitrogens with zero attached hydrogens (tertiary/aromatic N) is 1. The molecule has 0 atom stereocenters. The molecule has 3 rings (SSSR count). The Hall–Kier alpha value is -2.05. The molecule has 0 spiro atoms. The van der Waals surface area contributed by atoms with Gasteiger partial charge in [-0.15, -0.1) is 11.3 Å². The number of thioether (sulfide) groups is 1. The molecule has 2 aromatic carbocycles. The number of nitrogens with two attached hydrogens (primary N) is 1. The maximum atomic E-state index is 12.0. The molecule has 23 heavy (non-hydrogen) atoms. The molecule has 1 aromatic heterocycles. The molecule has 0 bridgehead atoms. The van der Waals surface area contributed by atoms with Gasteiger partial charge in [0.05, 0.1) is 16.0 Å². The summed E-state index contributed by atoms with van der Waals surface area (Å²) in [7, 11) is 0. The number of carbonyl (C=O) groups is 1. The molecule has 0 unspecified atom stereocenters. The van der Waals surface area contributed by atoms with Crippen LogP contribution in [0.3, 0.4) is 0 Å². The predicted octanol–water partition coefficient (Wildman–Crippen LogP) is 3.60. The van der Waals surface area contributed by atoms with Crippen LogP contribution in [-0.4, -0.2) is 16.6 Å². The smallest absolute Gasteiger partial charge is 0.230 e. The molecule has 0 radical (unpaired) electrons. The van der Waals surface area contributed by atoms with E-state index < -0.39 is 0 Å². The molecule has 0 saturated heterocycles. The zero-order chi connectivity index (χ0) is 16.2. The van der Waals surface area contributed by atoms with Gasteiger partial charge in [0.25, 0.3) is 0 Å². The summed E-state index contributed by atoms with van der Waals surface area (Å²) < 4.78 is 1.93. The number of carbonyl (C=O) groups excluding carboxylic acids is 1. The molecule has 0 aliphatic rings. The zero-order valence-electron chi connectivity index (χ0n) is 12.7. The third kappa shape index (κ3) is 4.24. The highest BCUT2D eigenvalue weighted by molar-refractivity contribution is 8.01. The van der Waals surface area contributed by atoms with Crippen molar-refractivity contribution >= 4 is 44.9 Å². The van der Waals surface area contributed by atoms with Crippen LogP contribution in [0, 0.1) is 6.92 Å². The Morgan fingerprint density at radius 3 is 2.83 bits per heavy atom. The van der Waals surface area contributed by atoms with Crippen LogP contribution in [-0.2, 0) is 11.3 Å². The van der Waals surface area contributed by atoms with E-state index >= 15 is 0 Å². The van der Waals surface area contributed by atoms with E-state index in [1.165, 1.54) is 17.3 Å². The Balaban J connectivity index is 1.52. The minimum atomic E-state index is 0.00865. The number of amides is 1. The Morgan fingerprint density at radius 2 is 2.04 bits per heavy atom. The molecule has 0 aliphatic carbocycles. The molecule has 1 amide bonds. The van der Waals surface area contributed by atoms with E-state index in [9.17, 15) is 4.79 Å². The zero-order valence-corrected chi connectivity index (χ0v) is 14.3. The number of thiazole rings is 1. The first kappa shape index (κ1) is 15.8. The number of rotatable bonds is 5. The number of fused-ring (bicyclic) bond motifs is 1. The molecule has 0 fully saturated rings. The highest BCUT2D eigenvalue weighted by Crippen LogP contribution is 2.30. The van der Waals surface area contributed by atoms with E-state index in [2.05, 4.69) is 10.3 Å². The lowest BCUT2D eigenvalue weighted by molar-refractivity contribution is -0.118. The van der Waals surface area contributed by atoms with Crippen molar-refractivity contribution in [3.05, 3.63) is 53.6 Å². The topological polar surface area (TPSA) is 68.0 Å². The average molecular weight is 343 g/mol. The van der Waals surface area contributed by atoms with Gasteiger partial charge in [-0.1, -0.05) is 41.6 Å². The van der Waals surface area contributed by atoms with Crippen LogP contribution in [0.2, 0.25) is 0 Å². The van der Waals surface area contributed by atoms with Gasteiger partial charge >= 0.3 is 0 Å². The van der Waals surface area contributed by atoms with E-state index in [1.54, 1.807) is 11.3 Å². The standard InChI is InChI=1S/C17H17N3OS2/c1-11-2-4-12(5-3-11)9-19-16(21)10-22-17-20-14-7-6-13(18)8-15(14)23-17/h2-8H,9-10,18H2,1H3,(H,19,21). The highest BCUT2D eigenvalue weighted by atomic mass is 32.2. The van der Waals surface area contributed by atoms with Crippen LogP contribution in [0.25, 0.3) is 10.2 Å². The molecule has 1 heterocycles. The lowest BCUT2D eigenvalue weighted by Gasteiger charge is -2.04. The number of nitrogens with one attached hydrogen (secondary N) is 1. The fourth-order valence-corrected chi connectivity index (χ4v) is 4.01. The maximum Gasteiger partial charge on any atom is 0.230 e. The molecule has 0 aliphatic heterocycles. The summed E-state index contributed by atoms with van der Waals surface area (Å²) in [5, 5.41) is 2.93. The first-order chi connectivity index (χ1) is 11.1. The third-order valence-corrected chi connectivity index (χ3v) is 5.49. The van der Waals surface area contributed by atoms with Crippen molar-refractivity contribution in [2.45, 2.75) is 17.8 Å². The second-order valence-corrected chi connectivity index (χ2v) is 7.51. The van der Waals surface area contributed by atoms with E-state index in [0.29, 0.717) is 12.3 Å². The van der Waals surface area contributed by atoms with Gasteiger partial charge in [0.1, 0.15) is 0 Å². The van der Waals surface area contributed by atoms with Crippen molar-refractivity contribution < 1.29 is 4.79 Å². The number of aromatic nitrogens is 1.